The van der Waals surface area contributed by atoms with Gasteiger partial charge in [0.1, 0.15) is 11.5 Å². The fourth-order valence-corrected chi connectivity index (χ4v) is 2.39. The van der Waals surface area contributed by atoms with Crippen LogP contribution in [0.15, 0.2) is 48.5 Å². The monoisotopic (exact) mass is 371 g/mol. The van der Waals surface area contributed by atoms with Crippen LogP contribution < -0.4 is 14.8 Å². The minimum Gasteiger partial charge on any atom is -0.494 e. The van der Waals surface area contributed by atoms with Crippen LogP contribution in [0, 0.1) is 0 Å². The van der Waals surface area contributed by atoms with Crippen molar-refractivity contribution < 1.29 is 23.8 Å². The number of benzene rings is 2. The van der Waals surface area contributed by atoms with Crippen LogP contribution in [-0.2, 0) is 9.53 Å². The van der Waals surface area contributed by atoms with Gasteiger partial charge >= 0.3 is 5.97 Å². The molecule has 0 radical (unpaired) electrons. The molecule has 1 amide bonds. The first-order valence-corrected chi connectivity index (χ1v) is 9.05. The van der Waals surface area contributed by atoms with Crippen LogP contribution >= 0.6 is 0 Å². The molecule has 2 aromatic carbocycles. The molecule has 6 heteroatoms. The first-order valence-electron chi connectivity index (χ1n) is 9.05. The molecule has 0 heterocycles. The van der Waals surface area contributed by atoms with E-state index in [-0.39, 0.29) is 5.91 Å². The Morgan fingerprint density at radius 1 is 0.963 bits per heavy atom. The van der Waals surface area contributed by atoms with Gasteiger partial charge in [-0.25, -0.2) is 4.79 Å². The minimum atomic E-state index is -0.422. The molecular formula is C21H25NO5. The van der Waals surface area contributed by atoms with Crippen molar-refractivity contribution in [2.75, 3.05) is 25.1 Å². The number of hydrogen-bond donors (Lipinski definition) is 1. The standard InChI is InChI=1S/C21H25NO5/c1-3-25-19-15-16(21(24)26-4-2)12-13-18(19)22-20(23)11-8-14-27-17-9-6-5-7-10-17/h5-7,9-10,12-13,15H,3-4,8,11,14H2,1-2H3,(H,22,23). The first kappa shape index (κ1) is 20.3. The number of esters is 1. The molecule has 0 aliphatic rings. The van der Waals surface area contributed by atoms with Crippen LogP contribution in [0.25, 0.3) is 0 Å². The number of ether oxygens (including phenoxy) is 3. The van der Waals surface area contributed by atoms with Gasteiger partial charge in [-0.15, -0.1) is 0 Å². The van der Waals surface area contributed by atoms with Gasteiger partial charge in [-0.3, -0.25) is 4.79 Å². The fraction of sp³-hybridized carbons (Fsp3) is 0.333. The summed E-state index contributed by atoms with van der Waals surface area (Å²) in [4.78, 5) is 24.0. The molecule has 2 rings (SSSR count). The Labute approximate surface area is 159 Å². The fourth-order valence-electron chi connectivity index (χ4n) is 2.39. The van der Waals surface area contributed by atoms with E-state index >= 15 is 0 Å². The maximum Gasteiger partial charge on any atom is 0.338 e. The lowest BCUT2D eigenvalue weighted by atomic mass is 10.2. The lowest BCUT2D eigenvalue weighted by Gasteiger charge is -2.13. The molecule has 144 valence electrons. The second-order valence-corrected chi connectivity index (χ2v) is 5.68. The largest absolute Gasteiger partial charge is 0.494 e. The van der Waals surface area contributed by atoms with Gasteiger partial charge in [0.05, 0.1) is 31.1 Å². The number of carbonyl (C=O) groups excluding carboxylic acids is 2. The number of nitrogens with one attached hydrogen (secondary N) is 1. The molecular weight excluding hydrogens is 346 g/mol. The summed E-state index contributed by atoms with van der Waals surface area (Å²) in [5, 5.41) is 2.82. The average Bonchev–Trinajstić information content (AvgIpc) is 2.68. The summed E-state index contributed by atoms with van der Waals surface area (Å²) in [6.45, 7) is 4.75. The van der Waals surface area contributed by atoms with E-state index in [9.17, 15) is 9.59 Å². The van der Waals surface area contributed by atoms with Gasteiger partial charge in [-0.05, 0) is 50.6 Å². The highest BCUT2D eigenvalue weighted by atomic mass is 16.5. The SMILES string of the molecule is CCOC(=O)c1ccc(NC(=O)CCCOc2ccccc2)c(OCC)c1. The summed E-state index contributed by atoms with van der Waals surface area (Å²) in [7, 11) is 0. The molecule has 0 bridgehead atoms. The van der Waals surface area contributed by atoms with Crippen molar-refractivity contribution >= 4 is 17.6 Å². The molecule has 0 atom stereocenters. The highest BCUT2D eigenvalue weighted by Gasteiger charge is 2.13. The molecule has 6 nitrogen and oxygen atoms in total. The van der Waals surface area contributed by atoms with Crippen molar-refractivity contribution in [3.05, 3.63) is 54.1 Å². The molecule has 27 heavy (non-hydrogen) atoms. The summed E-state index contributed by atoms with van der Waals surface area (Å²) >= 11 is 0. The Balaban J connectivity index is 1.88. The molecule has 0 spiro atoms. The van der Waals surface area contributed by atoms with Crippen molar-refractivity contribution in [1.82, 2.24) is 0 Å². The average molecular weight is 371 g/mol. The van der Waals surface area contributed by atoms with E-state index in [4.69, 9.17) is 14.2 Å². The zero-order valence-electron chi connectivity index (χ0n) is 15.7. The summed E-state index contributed by atoms with van der Waals surface area (Å²) in [5.41, 5.74) is 0.911. The van der Waals surface area contributed by atoms with Gasteiger partial charge < -0.3 is 19.5 Å². The summed E-state index contributed by atoms with van der Waals surface area (Å²) in [6, 6.07) is 14.3. The van der Waals surface area contributed by atoms with Gasteiger partial charge in [0.25, 0.3) is 0 Å². The van der Waals surface area contributed by atoms with Gasteiger partial charge in [-0.2, -0.15) is 0 Å². The molecule has 0 aromatic heterocycles. The molecule has 0 aliphatic heterocycles. The minimum absolute atomic E-state index is 0.142. The molecule has 0 fully saturated rings. The van der Waals surface area contributed by atoms with E-state index in [1.807, 2.05) is 37.3 Å². The second kappa shape index (κ2) is 10.9. The number of para-hydroxylation sites is 1. The van der Waals surface area contributed by atoms with Gasteiger partial charge in [0.15, 0.2) is 0 Å². The number of hydrogen-bond acceptors (Lipinski definition) is 5. The quantitative estimate of drug-likeness (QED) is 0.504. The van der Waals surface area contributed by atoms with Crippen molar-refractivity contribution in [3.8, 4) is 11.5 Å². The van der Waals surface area contributed by atoms with Crippen molar-refractivity contribution in [2.24, 2.45) is 0 Å². The predicted molar refractivity (Wildman–Crippen MR) is 103 cm³/mol. The third-order valence-corrected chi connectivity index (χ3v) is 3.63. The van der Waals surface area contributed by atoms with E-state index in [0.29, 0.717) is 49.7 Å². The maximum atomic E-state index is 12.2. The van der Waals surface area contributed by atoms with Crippen LogP contribution in [0.5, 0.6) is 11.5 Å². The predicted octanol–water partition coefficient (Wildman–Crippen LogP) is 4.06. The topological polar surface area (TPSA) is 73.9 Å². The van der Waals surface area contributed by atoms with Crippen molar-refractivity contribution in [3.63, 3.8) is 0 Å². The van der Waals surface area contributed by atoms with Crippen LogP contribution in [0.3, 0.4) is 0 Å². The van der Waals surface area contributed by atoms with Crippen LogP contribution in [-0.4, -0.2) is 31.7 Å². The van der Waals surface area contributed by atoms with E-state index < -0.39 is 5.97 Å². The molecule has 0 saturated carbocycles. The molecule has 0 saturated heterocycles. The Morgan fingerprint density at radius 3 is 2.44 bits per heavy atom. The third-order valence-electron chi connectivity index (χ3n) is 3.63. The first-order chi connectivity index (χ1) is 13.1. The van der Waals surface area contributed by atoms with Crippen molar-refractivity contribution in [2.45, 2.75) is 26.7 Å². The number of carbonyl (C=O) groups is 2. The Bertz CT molecular complexity index is 745. The number of anilines is 1. The van der Waals surface area contributed by atoms with Crippen molar-refractivity contribution in [1.29, 1.82) is 0 Å². The van der Waals surface area contributed by atoms with E-state index in [1.54, 1.807) is 25.1 Å². The van der Waals surface area contributed by atoms with E-state index in [1.165, 1.54) is 0 Å². The zero-order valence-corrected chi connectivity index (χ0v) is 15.7. The zero-order chi connectivity index (χ0) is 19.5. The summed E-state index contributed by atoms with van der Waals surface area (Å²) in [6.07, 6.45) is 0.906. The summed E-state index contributed by atoms with van der Waals surface area (Å²) < 4.78 is 16.1. The van der Waals surface area contributed by atoms with Crippen LogP contribution in [0.2, 0.25) is 0 Å². The lowest BCUT2D eigenvalue weighted by molar-refractivity contribution is -0.116. The molecule has 0 unspecified atom stereocenters. The van der Waals surface area contributed by atoms with Gasteiger partial charge in [-0.1, -0.05) is 18.2 Å². The van der Waals surface area contributed by atoms with Gasteiger partial charge in [0.2, 0.25) is 5.91 Å². The number of amides is 1. The Hall–Kier alpha value is -3.02. The molecule has 2 aromatic rings. The highest BCUT2D eigenvalue weighted by Crippen LogP contribution is 2.26. The maximum absolute atomic E-state index is 12.2. The van der Waals surface area contributed by atoms with E-state index in [2.05, 4.69) is 5.32 Å². The third kappa shape index (κ3) is 6.66. The molecule has 0 aliphatic carbocycles. The van der Waals surface area contributed by atoms with Crippen LogP contribution in [0.4, 0.5) is 5.69 Å². The highest BCUT2D eigenvalue weighted by molar-refractivity contribution is 5.95. The smallest absolute Gasteiger partial charge is 0.338 e. The van der Waals surface area contributed by atoms with E-state index in [0.717, 1.165) is 5.75 Å². The summed E-state index contributed by atoms with van der Waals surface area (Å²) in [5.74, 6) is 0.661. The number of rotatable bonds is 10. The van der Waals surface area contributed by atoms with Crippen LogP contribution in [0.1, 0.15) is 37.0 Å². The second-order valence-electron chi connectivity index (χ2n) is 5.68. The normalized spacial score (nSPS) is 10.1. The Morgan fingerprint density at radius 2 is 1.74 bits per heavy atom. The lowest BCUT2D eigenvalue weighted by Crippen LogP contribution is -2.14. The molecule has 1 N–H and O–H groups in total. The van der Waals surface area contributed by atoms with Gasteiger partial charge in [0, 0.05) is 6.42 Å². The Kier molecular flexibility index (Phi) is 8.16.